The standard InChI is InChI=1S/C13H21NO3S/c1-9(2)17-12-7-5-11(6-8-12)13(14)10(3)18(4,15)16/h5-10,13H,14H2,1-4H3. The van der Waals surface area contributed by atoms with E-state index in [-0.39, 0.29) is 6.10 Å². The molecule has 0 aliphatic carbocycles. The van der Waals surface area contributed by atoms with Crippen molar-refractivity contribution in [3.63, 3.8) is 0 Å². The third kappa shape index (κ3) is 3.99. The zero-order valence-electron chi connectivity index (χ0n) is 11.3. The van der Waals surface area contributed by atoms with Gasteiger partial charge in [0.15, 0.2) is 9.84 Å². The summed E-state index contributed by atoms with van der Waals surface area (Å²) in [6.07, 6.45) is 1.31. The molecule has 0 heterocycles. The van der Waals surface area contributed by atoms with Gasteiger partial charge in [-0.1, -0.05) is 12.1 Å². The maximum atomic E-state index is 11.5. The van der Waals surface area contributed by atoms with Gasteiger partial charge in [0, 0.05) is 12.3 Å². The van der Waals surface area contributed by atoms with Gasteiger partial charge < -0.3 is 10.5 Å². The van der Waals surface area contributed by atoms with Gasteiger partial charge in [-0.05, 0) is 38.5 Å². The first-order valence-corrected chi connectivity index (χ1v) is 7.88. The van der Waals surface area contributed by atoms with Crippen molar-refractivity contribution < 1.29 is 13.2 Å². The first-order chi connectivity index (χ1) is 8.21. The van der Waals surface area contributed by atoms with Gasteiger partial charge >= 0.3 is 0 Å². The van der Waals surface area contributed by atoms with Crippen molar-refractivity contribution in [3.05, 3.63) is 29.8 Å². The van der Waals surface area contributed by atoms with Crippen molar-refractivity contribution in [1.82, 2.24) is 0 Å². The van der Waals surface area contributed by atoms with Crippen LogP contribution >= 0.6 is 0 Å². The molecule has 0 amide bonds. The fourth-order valence-electron chi connectivity index (χ4n) is 1.58. The molecule has 1 aromatic rings. The molecule has 18 heavy (non-hydrogen) atoms. The van der Waals surface area contributed by atoms with Crippen molar-refractivity contribution in [1.29, 1.82) is 0 Å². The molecule has 2 N–H and O–H groups in total. The summed E-state index contributed by atoms with van der Waals surface area (Å²) in [6.45, 7) is 5.52. The summed E-state index contributed by atoms with van der Waals surface area (Å²) in [6, 6.07) is 6.72. The second-order valence-electron chi connectivity index (χ2n) is 4.80. The topological polar surface area (TPSA) is 69.4 Å². The average molecular weight is 271 g/mol. The van der Waals surface area contributed by atoms with Crippen LogP contribution in [0.3, 0.4) is 0 Å². The van der Waals surface area contributed by atoms with E-state index >= 15 is 0 Å². The van der Waals surface area contributed by atoms with Crippen molar-refractivity contribution >= 4 is 9.84 Å². The largest absolute Gasteiger partial charge is 0.491 e. The minimum absolute atomic E-state index is 0.111. The molecule has 102 valence electrons. The third-order valence-corrected chi connectivity index (χ3v) is 4.46. The van der Waals surface area contributed by atoms with Gasteiger partial charge in [-0.3, -0.25) is 0 Å². The van der Waals surface area contributed by atoms with Crippen LogP contribution in [0.15, 0.2) is 24.3 Å². The Hall–Kier alpha value is -1.07. The number of rotatable bonds is 5. The second kappa shape index (κ2) is 5.71. The molecule has 0 radical (unpaired) electrons. The van der Waals surface area contributed by atoms with E-state index in [0.29, 0.717) is 0 Å². The van der Waals surface area contributed by atoms with Crippen LogP contribution in [0, 0.1) is 0 Å². The van der Waals surface area contributed by atoms with Crippen LogP contribution < -0.4 is 10.5 Å². The van der Waals surface area contributed by atoms with E-state index in [4.69, 9.17) is 10.5 Å². The van der Waals surface area contributed by atoms with Gasteiger partial charge in [-0.25, -0.2) is 8.42 Å². The van der Waals surface area contributed by atoms with Gasteiger partial charge in [-0.2, -0.15) is 0 Å². The quantitative estimate of drug-likeness (QED) is 0.888. The van der Waals surface area contributed by atoms with Gasteiger partial charge in [0.05, 0.1) is 11.4 Å². The number of hydrogen-bond acceptors (Lipinski definition) is 4. The average Bonchev–Trinajstić information content (AvgIpc) is 2.26. The Morgan fingerprint density at radius 3 is 2.00 bits per heavy atom. The van der Waals surface area contributed by atoms with Crippen molar-refractivity contribution in [2.75, 3.05) is 6.26 Å². The molecule has 0 saturated heterocycles. The maximum Gasteiger partial charge on any atom is 0.151 e. The van der Waals surface area contributed by atoms with Crippen LogP contribution in [-0.2, 0) is 9.84 Å². The second-order valence-corrected chi connectivity index (χ2v) is 7.20. The lowest BCUT2D eigenvalue weighted by Gasteiger charge is -2.19. The lowest BCUT2D eigenvalue weighted by molar-refractivity contribution is 0.242. The molecule has 0 aromatic heterocycles. The predicted molar refractivity (Wildman–Crippen MR) is 73.4 cm³/mol. The zero-order chi connectivity index (χ0) is 13.9. The number of sulfone groups is 1. The summed E-state index contributed by atoms with van der Waals surface area (Å²) >= 11 is 0. The van der Waals surface area contributed by atoms with Crippen LogP contribution in [0.25, 0.3) is 0 Å². The van der Waals surface area contributed by atoms with Crippen LogP contribution in [0.1, 0.15) is 32.4 Å². The highest BCUT2D eigenvalue weighted by Crippen LogP contribution is 2.22. The van der Waals surface area contributed by atoms with Crippen LogP contribution in [0.5, 0.6) is 5.75 Å². The van der Waals surface area contributed by atoms with E-state index in [1.807, 2.05) is 38.1 Å². The lowest BCUT2D eigenvalue weighted by Crippen LogP contribution is -2.30. The van der Waals surface area contributed by atoms with E-state index in [9.17, 15) is 8.42 Å². The number of nitrogens with two attached hydrogens (primary N) is 1. The Morgan fingerprint density at radius 1 is 1.11 bits per heavy atom. The van der Waals surface area contributed by atoms with Crippen molar-refractivity contribution in [2.24, 2.45) is 5.73 Å². The monoisotopic (exact) mass is 271 g/mol. The number of benzene rings is 1. The molecular weight excluding hydrogens is 250 g/mol. The summed E-state index contributed by atoms with van der Waals surface area (Å²) in [5.41, 5.74) is 6.75. The first-order valence-electron chi connectivity index (χ1n) is 5.93. The molecule has 1 rings (SSSR count). The Balaban J connectivity index is 2.85. The van der Waals surface area contributed by atoms with Crippen LogP contribution in [-0.4, -0.2) is 26.0 Å². The normalized spacial score (nSPS) is 15.4. The fourth-order valence-corrected chi connectivity index (χ4v) is 2.27. The van der Waals surface area contributed by atoms with Crippen molar-refractivity contribution in [3.8, 4) is 5.75 Å². The van der Waals surface area contributed by atoms with Crippen LogP contribution in [0.2, 0.25) is 0 Å². The first kappa shape index (κ1) is 15.0. The molecule has 2 unspecified atom stereocenters. The van der Waals surface area contributed by atoms with E-state index in [0.717, 1.165) is 11.3 Å². The summed E-state index contributed by atoms with van der Waals surface area (Å²) in [5.74, 6) is 0.757. The minimum Gasteiger partial charge on any atom is -0.491 e. The highest BCUT2D eigenvalue weighted by molar-refractivity contribution is 7.91. The summed E-state index contributed by atoms with van der Waals surface area (Å²) in [7, 11) is -3.14. The molecule has 2 atom stereocenters. The molecule has 0 spiro atoms. The SMILES string of the molecule is CC(C)Oc1ccc(C(N)C(C)S(C)(=O)=O)cc1. The summed E-state index contributed by atoms with van der Waals surface area (Å²) in [4.78, 5) is 0. The highest BCUT2D eigenvalue weighted by atomic mass is 32.2. The Kier molecular flexibility index (Phi) is 4.76. The van der Waals surface area contributed by atoms with E-state index < -0.39 is 21.1 Å². The molecule has 0 bridgehead atoms. The Morgan fingerprint density at radius 2 is 1.61 bits per heavy atom. The van der Waals surface area contributed by atoms with E-state index in [2.05, 4.69) is 0 Å². The fraction of sp³-hybridized carbons (Fsp3) is 0.538. The number of hydrogen-bond donors (Lipinski definition) is 1. The Labute approximate surface area is 109 Å². The predicted octanol–water partition coefficient (Wildman–Crippen LogP) is 1.91. The summed E-state index contributed by atoms with van der Waals surface area (Å²) < 4.78 is 28.4. The van der Waals surface area contributed by atoms with E-state index in [1.54, 1.807) is 6.92 Å². The molecule has 0 saturated carbocycles. The smallest absolute Gasteiger partial charge is 0.151 e. The maximum absolute atomic E-state index is 11.5. The van der Waals surface area contributed by atoms with Gasteiger partial charge in [0.2, 0.25) is 0 Å². The molecule has 0 aliphatic rings. The molecule has 1 aromatic carbocycles. The number of ether oxygens (including phenoxy) is 1. The Bertz CT molecular complexity index is 479. The molecule has 0 aliphatic heterocycles. The van der Waals surface area contributed by atoms with Gasteiger partial charge in [0.1, 0.15) is 5.75 Å². The van der Waals surface area contributed by atoms with Gasteiger partial charge in [-0.15, -0.1) is 0 Å². The third-order valence-electron chi connectivity index (χ3n) is 2.82. The highest BCUT2D eigenvalue weighted by Gasteiger charge is 2.23. The van der Waals surface area contributed by atoms with Crippen LogP contribution in [0.4, 0.5) is 0 Å². The molecule has 0 fully saturated rings. The molecule has 5 heteroatoms. The molecule has 4 nitrogen and oxygen atoms in total. The molecular formula is C13H21NO3S. The summed E-state index contributed by atoms with van der Waals surface area (Å²) in [5, 5.41) is -0.602. The zero-order valence-corrected chi connectivity index (χ0v) is 12.1. The van der Waals surface area contributed by atoms with Gasteiger partial charge in [0.25, 0.3) is 0 Å². The lowest BCUT2D eigenvalue weighted by atomic mass is 10.1. The minimum atomic E-state index is -3.14. The van der Waals surface area contributed by atoms with E-state index in [1.165, 1.54) is 6.26 Å². The van der Waals surface area contributed by atoms with Crippen molar-refractivity contribution in [2.45, 2.75) is 38.2 Å².